The van der Waals surface area contributed by atoms with E-state index in [0.717, 1.165) is 42.7 Å². The number of hydrogen-bond acceptors (Lipinski definition) is 4. The van der Waals surface area contributed by atoms with Crippen LogP contribution in [0.4, 0.5) is 5.69 Å². The van der Waals surface area contributed by atoms with Crippen molar-refractivity contribution in [2.45, 2.75) is 61.6 Å². The summed E-state index contributed by atoms with van der Waals surface area (Å²) in [5.74, 6) is -0.216. The van der Waals surface area contributed by atoms with E-state index in [0.29, 0.717) is 0 Å². The van der Waals surface area contributed by atoms with E-state index in [1.54, 1.807) is 0 Å². The van der Waals surface area contributed by atoms with Gasteiger partial charge in [-0.25, -0.2) is 0 Å². The number of nitrogens with one attached hydrogen (secondary N) is 2. The first kappa shape index (κ1) is 18.3. The van der Waals surface area contributed by atoms with Gasteiger partial charge in [-0.05, 0) is 44.0 Å². The summed E-state index contributed by atoms with van der Waals surface area (Å²) in [6.45, 7) is 3.31. The van der Waals surface area contributed by atoms with Crippen LogP contribution in [-0.2, 0) is 9.59 Å². The van der Waals surface area contributed by atoms with E-state index in [9.17, 15) is 14.9 Å². The lowest BCUT2D eigenvalue weighted by Gasteiger charge is -2.32. The van der Waals surface area contributed by atoms with Crippen LogP contribution in [0.5, 0.6) is 0 Å². The molecule has 1 unspecified atom stereocenters. The van der Waals surface area contributed by atoms with Crippen LogP contribution in [0.25, 0.3) is 0 Å². The van der Waals surface area contributed by atoms with Crippen molar-refractivity contribution in [3.8, 4) is 6.07 Å². The van der Waals surface area contributed by atoms with E-state index in [-0.39, 0.29) is 17.1 Å². The number of rotatable bonds is 5. The SMILES string of the molecule is CC(=O)Nc1ccc(SC(C)C(=O)NC2(C#N)CCCCC2)cc1. The molecule has 1 aromatic carbocycles. The van der Waals surface area contributed by atoms with Crippen LogP contribution < -0.4 is 10.6 Å². The number of thioether (sulfide) groups is 1. The van der Waals surface area contributed by atoms with E-state index >= 15 is 0 Å². The van der Waals surface area contributed by atoms with E-state index in [4.69, 9.17) is 0 Å². The number of anilines is 1. The maximum absolute atomic E-state index is 12.5. The molecule has 0 saturated heterocycles. The van der Waals surface area contributed by atoms with Gasteiger partial charge < -0.3 is 10.6 Å². The Kier molecular flexibility index (Phi) is 6.27. The molecule has 128 valence electrons. The van der Waals surface area contributed by atoms with E-state index < -0.39 is 5.54 Å². The molecule has 1 atom stereocenters. The third-order valence-corrected chi connectivity index (χ3v) is 5.25. The van der Waals surface area contributed by atoms with Crippen molar-refractivity contribution >= 4 is 29.3 Å². The van der Waals surface area contributed by atoms with Gasteiger partial charge in [-0.2, -0.15) is 5.26 Å². The molecule has 1 saturated carbocycles. The van der Waals surface area contributed by atoms with Crippen molar-refractivity contribution < 1.29 is 9.59 Å². The number of amides is 2. The fourth-order valence-corrected chi connectivity index (χ4v) is 3.70. The lowest BCUT2D eigenvalue weighted by Crippen LogP contribution is -2.50. The van der Waals surface area contributed by atoms with Crippen LogP contribution in [0.1, 0.15) is 46.0 Å². The molecule has 2 rings (SSSR count). The zero-order valence-corrected chi connectivity index (χ0v) is 14.9. The first-order valence-electron chi connectivity index (χ1n) is 8.22. The predicted octanol–water partition coefficient (Wildman–Crippen LogP) is 3.47. The molecule has 5 nitrogen and oxygen atoms in total. The molecular formula is C18H23N3O2S. The van der Waals surface area contributed by atoms with Crippen LogP contribution in [-0.4, -0.2) is 22.6 Å². The average Bonchev–Trinajstić information content (AvgIpc) is 2.57. The standard InChI is InChI=1S/C18H23N3O2S/c1-13(17(23)21-18(12-19)10-4-3-5-11-18)24-16-8-6-15(7-9-16)20-14(2)22/h6-9,13H,3-5,10-11H2,1-2H3,(H,20,22)(H,21,23). The molecule has 1 fully saturated rings. The molecule has 1 aliphatic carbocycles. The van der Waals surface area contributed by atoms with Gasteiger partial charge in [0.15, 0.2) is 0 Å². The van der Waals surface area contributed by atoms with Gasteiger partial charge >= 0.3 is 0 Å². The van der Waals surface area contributed by atoms with E-state index in [1.165, 1.54) is 18.7 Å². The molecule has 24 heavy (non-hydrogen) atoms. The molecule has 0 heterocycles. The zero-order valence-electron chi connectivity index (χ0n) is 14.1. The summed E-state index contributed by atoms with van der Waals surface area (Å²) in [6.07, 6.45) is 4.57. The van der Waals surface area contributed by atoms with Gasteiger partial charge in [-0.1, -0.05) is 19.3 Å². The predicted molar refractivity (Wildman–Crippen MR) is 95.6 cm³/mol. The van der Waals surface area contributed by atoms with Crippen LogP contribution in [0, 0.1) is 11.3 Å². The second kappa shape index (κ2) is 8.20. The maximum atomic E-state index is 12.5. The molecule has 2 N–H and O–H groups in total. The molecule has 6 heteroatoms. The van der Waals surface area contributed by atoms with Crippen LogP contribution in [0.3, 0.4) is 0 Å². The van der Waals surface area contributed by atoms with Gasteiger partial charge in [0, 0.05) is 17.5 Å². The summed E-state index contributed by atoms with van der Waals surface area (Å²) in [5.41, 5.74) is 0.0361. The number of benzene rings is 1. The molecule has 0 radical (unpaired) electrons. The normalized spacial score (nSPS) is 17.4. The summed E-state index contributed by atoms with van der Waals surface area (Å²) < 4.78 is 0. The minimum atomic E-state index is -0.695. The smallest absolute Gasteiger partial charge is 0.234 e. The van der Waals surface area contributed by atoms with Gasteiger partial charge in [-0.15, -0.1) is 11.8 Å². The summed E-state index contributed by atoms with van der Waals surface area (Å²) in [4.78, 5) is 24.4. The summed E-state index contributed by atoms with van der Waals surface area (Å²) in [7, 11) is 0. The molecule has 1 aromatic rings. The highest BCUT2D eigenvalue weighted by Gasteiger charge is 2.34. The van der Waals surface area contributed by atoms with Gasteiger partial charge in [0.2, 0.25) is 11.8 Å². The largest absolute Gasteiger partial charge is 0.337 e. The van der Waals surface area contributed by atoms with Gasteiger partial charge in [0.05, 0.1) is 11.3 Å². The molecule has 0 aromatic heterocycles. The fourth-order valence-electron chi connectivity index (χ4n) is 2.84. The fraction of sp³-hybridized carbons (Fsp3) is 0.500. The Morgan fingerprint density at radius 2 is 1.83 bits per heavy atom. The molecule has 0 spiro atoms. The Morgan fingerprint density at radius 1 is 1.21 bits per heavy atom. The van der Waals surface area contributed by atoms with Crippen molar-refractivity contribution in [1.82, 2.24) is 5.32 Å². The van der Waals surface area contributed by atoms with E-state index in [1.807, 2.05) is 31.2 Å². The van der Waals surface area contributed by atoms with Gasteiger partial charge in [0.25, 0.3) is 0 Å². The zero-order chi connectivity index (χ0) is 17.6. The summed E-state index contributed by atoms with van der Waals surface area (Å²) in [5, 5.41) is 14.8. The Morgan fingerprint density at radius 3 is 2.38 bits per heavy atom. The topological polar surface area (TPSA) is 82.0 Å². The van der Waals surface area contributed by atoms with Crippen molar-refractivity contribution in [3.63, 3.8) is 0 Å². The molecule has 0 bridgehead atoms. The minimum Gasteiger partial charge on any atom is -0.337 e. The molecule has 0 aliphatic heterocycles. The van der Waals surface area contributed by atoms with Gasteiger partial charge in [0.1, 0.15) is 5.54 Å². The Balaban J connectivity index is 1.93. The molecule has 1 aliphatic rings. The molecule has 2 amide bonds. The second-order valence-electron chi connectivity index (χ2n) is 6.21. The maximum Gasteiger partial charge on any atom is 0.234 e. The highest BCUT2D eigenvalue weighted by molar-refractivity contribution is 8.00. The number of hydrogen-bond donors (Lipinski definition) is 2. The lowest BCUT2D eigenvalue weighted by molar-refractivity contribution is -0.122. The number of carbonyl (C=O) groups excluding carboxylic acids is 2. The van der Waals surface area contributed by atoms with Crippen LogP contribution in [0.2, 0.25) is 0 Å². The number of nitrogens with zero attached hydrogens (tertiary/aromatic N) is 1. The first-order chi connectivity index (χ1) is 11.4. The minimum absolute atomic E-state index is 0.102. The highest BCUT2D eigenvalue weighted by Crippen LogP contribution is 2.29. The quantitative estimate of drug-likeness (QED) is 0.801. The van der Waals surface area contributed by atoms with Crippen molar-refractivity contribution in [3.05, 3.63) is 24.3 Å². The van der Waals surface area contributed by atoms with Crippen molar-refractivity contribution in [1.29, 1.82) is 5.26 Å². The van der Waals surface area contributed by atoms with Gasteiger partial charge in [-0.3, -0.25) is 9.59 Å². The Labute approximate surface area is 147 Å². The average molecular weight is 345 g/mol. The molecular weight excluding hydrogens is 322 g/mol. The van der Waals surface area contributed by atoms with Crippen LogP contribution >= 0.6 is 11.8 Å². The highest BCUT2D eigenvalue weighted by atomic mass is 32.2. The summed E-state index contributed by atoms with van der Waals surface area (Å²) in [6, 6.07) is 9.69. The van der Waals surface area contributed by atoms with Crippen LogP contribution in [0.15, 0.2) is 29.2 Å². The monoisotopic (exact) mass is 345 g/mol. The third kappa shape index (κ3) is 5.00. The van der Waals surface area contributed by atoms with Crippen molar-refractivity contribution in [2.75, 3.05) is 5.32 Å². The first-order valence-corrected chi connectivity index (χ1v) is 9.10. The van der Waals surface area contributed by atoms with E-state index in [2.05, 4.69) is 16.7 Å². The second-order valence-corrected chi connectivity index (χ2v) is 7.62. The Bertz CT molecular complexity index is 631. The summed E-state index contributed by atoms with van der Waals surface area (Å²) >= 11 is 1.44. The Hall–Kier alpha value is -2.00. The number of carbonyl (C=O) groups is 2. The van der Waals surface area contributed by atoms with Crippen molar-refractivity contribution in [2.24, 2.45) is 0 Å². The number of nitriles is 1. The lowest BCUT2D eigenvalue weighted by atomic mass is 9.83. The third-order valence-electron chi connectivity index (χ3n) is 4.14.